The van der Waals surface area contributed by atoms with Crippen LogP contribution in [0.5, 0.6) is 0 Å². The number of aliphatic hydroxyl groups excluding tert-OH is 1. The number of carbonyl (C=O) groups excluding carboxylic acids is 1. The second-order valence-electron chi connectivity index (χ2n) is 6.32. The number of rotatable bonds is 6. The fourth-order valence-electron chi connectivity index (χ4n) is 2.50. The van der Waals surface area contributed by atoms with E-state index in [1.807, 2.05) is 13.8 Å². The van der Waals surface area contributed by atoms with Gasteiger partial charge in [-0.2, -0.15) is 4.98 Å². The fourth-order valence-corrected chi connectivity index (χ4v) is 2.50. The summed E-state index contributed by atoms with van der Waals surface area (Å²) in [6.45, 7) is 9.87. The van der Waals surface area contributed by atoms with Crippen LogP contribution in [-0.4, -0.2) is 76.5 Å². The lowest BCUT2D eigenvalue weighted by Gasteiger charge is -2.35. The minimum absolute atomic E-state index is 0.0645. The quantitative estimate of drug-likeness (QED) is 0.788. The lowest BCUT2D eigenvalue weighted by molar-refractivity contribution is 0.0898. The van der Waals surface area contributed by atoms with Crippen molar-refractivity contribution in [3.05, 3.63) is 11.7 Å². The Balaban J connectivity index is 1.67. The van der Waals surface area contributed by atoms with Crippen molar-refractivity contribution < 1.29 is 14.4 Å². The van der Waals surface area contributed by atoms with Gasteiger partial charge in [0.25, 0.3) is 0 Å². The number of β-amino-alcohol motifs (C(OH)–C–C–N with tert-alkyl or cyclic N) is 1. The van der Waals surface area contributed by atoms with Crippen molar-refractivity contribution in [1.29, 1.82) is 0 Å². The standard InChI is InChI=1S/C15H27N5O3/c1-11(2)14-17-13(23-18-14)4-5-16-15(22)20-8-6-19(7-9-20)10-12(3)21/h11-12,21H,4-10H2,1-3H3,(H,16,22)/t12-/m0/s1. The van der Waals surface area contributed by atoms with Crippen LogP contribution >= 0.6 is 0 Å². The van der Waals surface area contributed by atoms with E-state index in [0.717, 1.165) is 13.1 Å². The van der Waals surface area contributed by atoms with Crippen molar-refractivity contribution in [2.24, 2.45) is 0 Å². The van der Waals surface area contributed by atoms with E-state index in [4.69, 9.17) is 4.52 Å². The summed E-state index contributed by atoms with van der Waals surface area (Å²) in [5.41, 5.74) is 0. The van der Waals surface area contributed by atoms with Gasteiger partial charge in [0, 0.05) is 51.6 Å². The molecule has 0 saturated carbocycles. The van der Waals surface area contributed by atoms with Crippen molar-refractivity contribution in [2.75, 3.05) is 39.3 Å². The predicted molar refractivity (Wildman–Crippen MR) is 85.2 cm³/mol. The first-order chi connectivity index (χ1) is 11.0. The van der Waals surface area contributed by atoms with Crippen LogP contribution in [0.1, 0.15) is 38.4 Å². The smallest absolute Gasteiger partial charge is 0.317 e. The first-order valence-corrected chi connectivity index (χ1v) is 8.21. The molecule has 1 fully saturated rings. The van der Waals surface area contributed by atoms with Gasteiger partial charge in [-0.05, 0) is 6.92 Å². The van der Waals surface area contributed by atoms with Gasteiger partial charge in [-0.3, -0.25) is 4.90 Å². The molecule has 1 aromatic heterocycles. The van der Waals surface area contributed by atoms with Crippen LogP contribution in [0.3, 0.4) is 0 Å². The Morgan fingerprint density at radius 3 is 2.57 bits per heavy atom. The van der Waals surface area contributed by atoms with E-state index >= 15 is 0 Å². The third kappa shape index (κ3) is 5.47. The van der Waals surface area contributed by atoms with Gasteiger partial charge in [0.1, 0.15) is 0 Å². The van der Waals surface area contributed by atoms with E-state index in [2.05, 4.69) is 20.4 Å². The van der Waals surface area contributed by atoms with Crippen molar-refractivity contribution >= 4 is 6.03 Å². The Labute approximate surface area is 136 Å². The Morgan fingerprint density at radius 1 is 1.30 bits per heavy atom. The molecule has 130 valence electrons. The van der Waals surface area contributed by atoms with Crippen molar-refractivity contribution in [2.45, 2.75) is 39.2 Å². The summed E-state index contributed by atoms with van der Waals surface area (Å²) in [7, 11) is 0. The number of hydrogen-bond donors (Lipinski definition) is 2. The van der Waals surface area contributed by atoms with Gasteiger partial charge in [-0.25, -0.2) is 4.79 Å². The highest BCUT2D eigenvalue weighted by atomic mass is 16.5. The zero-order chi connectivity index (χ0) is 16.8. The number of amides is 2. The number of aliphatic hydroxyl groups is 1. The molecule has 8 nitrogen and oxygen atoms in total. The second-order valence-corrected chi connectivity index (χ2v) is 6.32. The van der Waals surface area contributed by atoms with Gasteiger partial charge in [-0.15, -0.1) is 0 Å². The van der Waals surface area contributed by atoms with Gasteiger partial charge in [0.15, 0.2) is 5.82 Å². The molecule has 2 rings (SSSR count). The summed E-state index contributed by atoms with van der Waals surface area (Å²) in [4.78, 5) is 20.4. The molecule has 1 atom stereocenters. The number of hydrogen-bond acceptors (Lipinski definition) is 6. The van der Waals surface area contributed by atoms with E-state index in [-0.39, 0.29) is 18.1 Å². The lowest BCUT2D eigenvalue weighted by atomic mass is 10.2. The summed E-state index contributed by atoms with van der Waals surface area (Å²) >= 11 is 0. The average Bonchev–Trinajstić information content (AvgIpc) is 2.96. The minimum atomic E-state index is -0.333. The Hall–Kier alpha value is -1.67. The maximum atomic E-state index is 12.1. The van der Waals surface area contributed by atoms with Crippen LogP contribution in [0, 0.1) is 0 Å². The van der Waals surface area contributed by atoms with Crippen molar-refractivity contribution in [1.82, 2.24) is 25.3 Å². The molecule has 0 aliphatic carbocycles. The zero-order valence-electron chi connectivity index (χ0n) is 14.2. The Kier molecular flexibility index (Phi) is 6.35. The molecule has 1 aromatic rings. The molecule has 0 aromatic carbocycles. The molecule has 0 unspecified atom stereocenters. The van der Waals surface area contributed by atoms with E-state index in [9.17, 15) is 9.90 Å². The number of aromatic nitrogens is 2. The number of nitrogens with zero attached hydrogens (tertiary/aromatic N) is 4. The summed E-state index contributed by atoms with van der Waals surface area (Å²) in [6, 6.07) is -0.0645. The third-order valence-electron chi connectivity index (χ3n) is 3.80. The maximum Gasteiger partial charge on any atom is 0.317 e. The van der Waals surface area contributed by atoms with Gasteiger partial charge in [0.2, 0.25) is 5.89 Å². The predicted octanol–water partition coefficient (Wildman–Crippen LogP) is 0.444. The molecule has 1 aliphatic rings. The van der Waals surface area contributed by atoms with Crippen LogP contribution in [0.25, 0.3) is 0 Å². The number of nitrogens with one attached hydrogen (secondary N) is 1. The van der Waals surface area contributed by atoms with E-state index < -0.39 is 0 Å². The first-order valence-electron chi connectivity index (χ1n) is 8.21. The third-order valence-corrected chi connectivity index (χ3v) is 3.80. The SMILES string of the molecule is CC(C)c1noc(CCNC(=O)N2CCN(C[C@H](C)O)CC2)n1. The first kappa shape index (κ1) is 17.7. The zero-order valence-corrected chi connectivity index (χ0v) is 14.2. The molecule has 0 bridgehead atoms. The van der Waals surface area contributed by atoms with Crippen LogP contribution < -0.4 is 5.32 Å². The number of carbonyl (C=O) groups is 1. The Morgan fingerprint density at radius 2 is 2.00 bits per heavy atom. The average molecular weight is 325 g/mol. The molecule has 1 aliphatic heterocycles. The summed E-state index contributed by atoms with van der Waals surface area (Å²) in [5, 5.41) is 16.2. The summed E-state index contributed by atoms with van der Waals surface area (Å²) in [5.74, 6) is 1.48. The van der Waals surface area contributed by atoms with Crippen molar-refractivity contribution in [3.63, 3.8) is 0 Å². The molecule has 2 heterocycles. The molecule has 23 heavy (non-hydrogen) atoms. The molecule has 1 saturated heterocycles. The minimum Gasteiger partial charge on any atom is -0.392 e. The van der Waals surface area contributed by atoms with Crippen LogP contribution in [0.2, 0.25) is 0 Å². The van der Waals surface area contributed by atoms with Crippen LogP contribution in [0.15, 0.2) is 4.52 Å². The molecule has 2 N–H and O–H groups in total. The molecule has 2 amide bonds. The fraction of sp³-hybridized carbons (Fsp3) is 0.800. The van der Waals surface area contributed by atoms with E-state index in [1.165, 1.54) is 0 Å². The van der Waals surface area contributed by atoms with E-state index in [0.29, 0.717) is 44.3 Å². The van der Waals surface area contributed by atoms with E-state index in [1.54, 1.807) is 11.8 Å². The molecular weight excluding hydrogens is 298 g/mol. The maximum absolute atomic E-state index is 12.1. The summed E-state index contributed by atoms with van der Waals surface area (Å²) < 4.78 is 5.15. The van der Waals surface area contributed by atoms with Gasteiger partial charge < -0.3 is 19.8 Å². The largest absolute Gasteiger partial charge is 0.392 e. The lowest BCUT2D eigenvalue weighted by Crippen LogP contribution is -2.53. The van der Waals surface area contributed by atoms with Crippen molar-refractivity contribution in [3.8, 4) is 0 Å². The second kappa shape index (κ2) is 8.26. The van der Waals surface area contributed by atoms with Gasteiger partial charge in [0.05, 0.1) is 6.10 Å². The van der Waals surface area contributed by atoms with Crippen LogP contribution in [0.4, 0.5) is 4.79 Å². The molecule has 0 radical (unpaired) electrons. The molecular formula is C15H27N5O3. The Bertz CT molecular complexity index is 495. The highest BCUT2D eigenvalue weighted by Crippen LogP contribution is 2.09. The highest BCUT2D eigenvalue weighted by molar-refractivity contribution is 5.74. The number of piperazine rings is 1. The number of urea groups is 1. The monoisotopic (exact) mass is 325 g/mol. The van der Waals surface area contributed by atoms with Gasteiger partial charge >= 0.3 is 6.03 Å². The molecule has 0 spiro atoms. The normalized spacial score (nSPS) is 17.5. The topological polar surface area (TPSA) is 94.7 Å². The summed E-state index contributed by atoms with van der Waals surface area (Å²) in [6.07, 6.45) is 0.202. The molecule has 8 heteroatoms. The van der Waals surface area contributed by atoms with Crippen LogP contribution in [-0.2, 0) is 6.42 Å². The highest BCUT2D eigenvalue weighted by Gasteiger charge is 2.21. The van der Waals surface area contributed by atoms with Gasteiger partial charge in [-0.1, -0.05) is 19.0 Å².